The van der Waals surface area contributed by atoms with Gasteiger partial charge in [0.25, 0.3) is 0 Å². The van der Waals surface area contributed by atoms with E-state index in [9.17, 15) is 4.79 Å². The van der Waals surface area contributed by atoms with Gasteiger partial charge in [-0.1, -0.05) is 45.9 Å². The summed E-state index contributed by atoms with van der Waals surface area (Å²) in [4.78, 5) is 10.8. The van der Waals surface area contributed by atoms with E-state index in [1.807, 2.05) is 13.8 Å². The lowest BCUT2D eigenvalue weighted by molar-refractivity contribution is -0.139. The van der Waals surface area contributed by atoms with Crippen molar-refractivity contribution in [3.63, 3.8) is 0 Å². The molecule has 0 unspecified atom stereocenters. The monoisotopic (exact) mass is 262 g/mol. The quantitative estimate of drug-likeness (QED) is 0.797. The predicted octanol–water partition coefficient (Wildman–Crippen LogP) is 4.24. The summed E-state index contributed by atoms with van der Waals surface area (Å²) in [5.74, 6) is -0.708. The summed E-state index contributed by atoms with van der Waals surface area (Å²) in [7, 11) is 0. The highest BCUT2D eigenvalue weighted by atomic mass is 16.4. The molecule has 106 valence electrons. The van der Waals surface area contributed by atoms with Gasteiger partial charge in [-0.25, -0.2) is 0 Å². The topological polar surface area (TPSA) is 37.3 Å². The van der Waals surface area contributed by atoms with Gasteiger partial charge in [-0.05, 0) is 47.8 Å². The molecular formula is C17H26O2. The SMILES string of the molecule is CCc1ccc(CCC(C)(C)CC(=O)O)cc1CC. The van der Waals surface area contributed by atoms with E-state index < -0.39 is 5.97 Å². The van der Waals surface area contributed by atoms with E-state index in [0.29, 0.717) is 0 Å². The molecule has 0 heterocycles. The summed E-state index contributed by atoms with van der Waals surface area (Å²) in [6.45, 7) is 8.43. The van der Waals surface area contributed by atoms with Crippen molar-refractivity contribution < 1.29 is 9.90 Å². The van der Waals surface area contributed by atoms with Gasteiger partial charge < -0.3 is 5.11 Å². The number of hydrogen-bond acceptors (Lipinski definition) is 1. The summed E-state index contributed by atoms with van der Waals surface area (Å²) >= 11 is 0. The third-order valence-electron chi connectivity index (χ3n) is 3.75. The van der Waals surface area contributed by atoms with Crippen LogP contribution in [0.25, 0.3) is 0 Å². The Morgan fingerprint density at radius 2 is 1.79 bits per heavy atom. The molecule has 19 heavy (non-hydrogen) atoms. The number of aryl methyl sites for hydroxylation is 3. The Balaban J connectivity index is 2.70. The van der Waals surface area contributed by atoms with Gasteiger partial charge in [0.1, 0.15) is 0 Å². The lowest BCUT2D eigenvalue weighted by Gasteiger charge is -2.22. The normalized spacial score (nSPS) is 11.6. The zero-order chi connectivity index (χ0) is 14.5. The Hall–Kier alpha value is -1.31. The highest BCUT2D eigenvalue weighted by Crippen LogP contribution is 2.27. The molecule has 0 bridgehead atoms. The van der Waals surface area contributed by atoms with E-state index in [-0.39, 0.29) is 11.8 Å². The van der Waals surface area contributed by atoms with Crippen LogP contribution in [0.1, 0.15) is 57.2 Å². The first kappa shape index (κ1) is 15.7. The maximum absolute atomic E-state index is 10.8. The van der Waals surface area contributed by atoms with E-state index in [1.165, 1.54) is 16.7 Å². The summed E-state index contributed by atoms with van der Waals surface area (Å²) in [6.07, 6.45) is 4.25. The van der Waals surface area contributed by atoms with E-state index in [0.717, 1.165) is 25.7 Å². The van der Waals surface area contributed by atoms with Crippen molar-refractivity contribution in [2.75, 3.05) is 0 Å². The second-order valence-corrected chi connectivity index (χ2v) is 6.04. The molecule has 0 atom stereocenters. The van der Waals surface area contributed by atoms with Crippen molar-refractivity contribution in [3.8, 4) is 0 Å². The average molecular weight is 262 g/mol. The molecule has 0 aliphatic carbocycles. The molecule has 1 aromatic carbocycles. The summed E-state index contributed by atoms with van der Waals surface area (Å²) in [5, 5.41) is 8.90. The van der Waals surface area contributed by atoms with Gasteiger partial charge in [0.2, 0.25) is 0 Å². The van der Waals surface area contributed by atoms with Crippen LogP contribution >= 0.6 is 0 Å². The van der Waals surface area contributed by atoms with Crippen molar-refractivity contribution in [1.29, 1.82) is 0 Å². The van der Waals surface area contributed by atoms with Gasteiger partial charge in [-0.3, -0.25) is 4.79 Å². The van der Waals surface area contributed by atoms with Crippen molar-refractivity contribution in [3.05, 3.63) is 34.9 Å². The molecule has 0 saturated carbocycles. The van der Waals surface area contributed by atoms with Gasteiger partial charge in [0.15, 0.2) is 0 Å². The Bertz CT molecular complexity index is 433. The van der Waals surface area contributed by atoms with Crippen LogP contribution in [0.15, 0.2) is 18.2 Å². The standard InChI is InChI=1S/C17H26O2/c1-5-14-8-7-13(11-15(14)6-2)9-10-17(3,4)12-16(18)19/h7-8,11H,5-6,9-10,12H2,1-4H3,(H,18,19). The highest BCUT2D eigenvalue weighted by Gasteiger charge is 2.21. The van der Waals surface area contributed by atoms with Crippen LogP contribution < -0.4 is 0 Å². The Morgan fingerprint density at radius 3 is 2.32 bits per heavy atom. The highest BCUT2D eigenvalue weighted by molar-refractivity contribution is 5.67. The average Bonchev–Trinajstić information content (AvgIpc) is 2.34. The van der Waals surface area contributed by atoms with Crippen LogP contribution in [0.3, 0.4) is 0 Å². The molecule has 0 amide bonds. The fourth-order valence-corrected chi connectivity index (χ4v) is 2.49. The zero-order valence-electron chi connectivity index (χ0n) is 12.6. The van der Waals surface area contributed by atoms with Gasteiger partial charge in [0.05, 0.1) is 6.42 Å². The lowest BCUT2D eigenvalue weighted by Crippen LogP contribution is -2.17. The number of rotatable bonds is 7. The Kier molecular flexibility index (Phi) is 5.59. The van der Waals surface area contributed by atoms with E-state index in [4.69, 9.17) is 5.11 Å². The van der Waals surface area contributed by atoms with E-state index >= 15 is 0 Å². The van der Waals surface area contributed by atoms with Gasteiger partial charge >= 0.3 is 5.97 Å². The number of carbonyl (C=O) groups is 1. The first-order valence-corrected chi connectivity index (χ1v) is 7.20. The Labute approximate surface area is 116 Å². The minimum atomic E-state index is -0.708. The maximum Gasteiger partial charge on any atom is 0.303 e. The summed E-state index contributed by atoms with van der Waals surface area (Å²) in [6, 6.07) is 6.70. The van der Waals surface area contributed by atoms with Crippen LogP contribution in [0, 0.1) is 5.41 Å². The van der Waals surface area contributed by atoms with Crippen LogP contribution in [0.4, 0.5) is 0 Å². The molecule has 0 spiro atoms. The number of carboxylic acids is 1. The van der Waals surface area contributed by atoms with Crippen molar-refractivity contribution in [2.24, 2.45) is 5.41 Å². The fourth-order valence-electron chi connectivity index (χ4n) is 2.49. The molecule has 0 aliphatic rings. The van der Waals surface area contributed by atoms with E-state index in [1.54, 1.807) is 0 Å². The molecule has 1 aromatic rings. The largest absolute Gasteiger partial charge is 0.481 e. The molecule has 0 saturated heterocycles. The second-order valence-electron chi connectivity index (χ2n) is 6.04. The number of carboxylic acid groups (broad SMARTS) is 1. The maximum atomic E-state index is 10.8. The van der Waals surface area contributed by atoms with Crippen LogP contribution in [-0.2, 0) is 24.1 Å². The van der Waals surface area contributed by atoms with Crippen LogP contribution in [0.5, 0.6) is 0 Å². The number of benzene rings is 1. The molecule has 2 heteroatoms. The number of aliphatic carboxylic acids is 1. The molecule has 1 rings (SSSR count). The molecule has 0 fully saturated rings. The molecule has 0 radical (unpaired) electrons. The van der Waals surface area contributed by atoms with Crippen LogP contribution in [0.2, 0.25) is 0 Å². The Morgan fingerprint density at radius 1 is 1.16 bits per heavy atom. The number of hydrogen-bond donors (Lipinski definition) is 1. The third-order valence-corrected chi connectivity index (χ3v) is 3.75. The van der Waals surface area contributed by atoms with E-state index in [2.05, 4.69) is 32.0 Å². The first-order chi connectivity index (χ1) is 8.88. The van der Waals surface area contributed by atoms with Crippen molar-refractivity contribution in [2.45, 2.75) is 59.8 Å². The van der Waals surface area contributed by atoms with Crippen molar-refractivity contribution in [1.82, 2.24) is 0 Å². The van der Waals surface area contributed by atoms with Crippen LogP contribution in [-0.4, -0.2) is 11.1 Å². The zero-order valence-corrected chi connectivity index (χ0v) is 12.6. The third kappa shape index (κ3) is 5.06. The lowest BCUT2D eigenvalue weighted by atomic mass is 9.83. The molecule has 1 N–H and O–H groups in total. The van der Waals surface area contributed by atoms with Gasteiger partial charge in [-0.2, -0.15) is 0 Å². The minimum absolute atomic E-state index is 0.137. The van der Waals surface area contributed by atoms with Gasteiger partial charge in [0, 0.05) is 0 Å². The smallest absolute Gasteiger partial charge is 0.303 e. The first-order valence-electron chi connectivity index (χ1n) is 7.20. The predicted molar refractivity (Wildman–Crippen MR) is 79.6 cm³/mol. The molecule has 0 aliphatic heterocycles. The summed E-state index contributed by atoms with van der Waals surface area (Å²) in [5.41, 5.74) is 4.04. The summed E-state index contributed by atoms with van der Waals surface area (Å²) < 4.78 is 0. The molecule has 0 aromatic heterocycles. The molecular weight excluding hydrogens is 236 g/mol. The minimum Gasteiger partial charge on any atom is -0.481 e. The second kappa shape index (κ2) is 6.74. The van der Waals surface area contributed by atoms with Crippen molar-refractivity contribution >= 4 is 5.97 Å². The fraction of sp³-hybridized carbons (Fsp3) is 0.588. The van der Waals surface area contributed by atoms with Gasteiger partial charge in [-0.15, -0.1) is 0 Å². The molecule has 2 nitrogen and oxygen atoms in total.